The molecule has 8 nitrogen and oxygen atoms in total. The quantitative estimate of drug-likeness (QED) is 0.648. The van der Waals surface area contributed by atoms with E-state index in [0.717, 1.165) is 18.8 Å². The number of amides is 1. The zero-order valence-electron chi connectivity index (χ0n) is 15.5. The largest absolute Gasteiger partial charge is 0.372 e. The van der Waals surface area contributed by atoms with Crippen molar-refractivity contribution in [2.75, 3.05) is 29.9 Å². The van der Waals surface area contributed by atoms with Crippen molar-refractivity contribution in [3.05, 3.63) is 35.7 Å². The summed E-state index contributed by atoms with van der Waals surface area (Å²) < 4.78 is 26.9. The molecule has 1 heterocycles. The fourth-order valence-electron chi connectivity index (χ4n) is 2.72. The molecule has 0 saturated carbocycles. The average Bonchev–Trinajstić information content (AvgIpc) is 2.95. The molecule has 0 fully saturated rings. The Bertz CT molecular complexity index is 836. The number of sulfonamides is 1. The molecule has 9 heteroatoms. The maximum Gasteiger partial charge on any atom is 0.244 e. The summed E-state index contributed by atoms with van der Waals surface area (Å²) in [5, 5.41) is 9.17. The summed E-state index contributed by atoms with van der Waals surface area (Å²) in [6.07, 6.45) is 0. The van der Waals surface area contributed by atoms with Crippen LogP contribution in [-0.2, 0) is 14.8 Å². The molecule has 0 aliphatic carbocycles. The van der Waals surface area contributed by atoms with Gasteiger partial charge in [-0.25, -0.2) is 13.1 Å². The topological polar surface area (TPSA) is 107 Å². The third kappa shape index (κ3) is 4.61. The molecule has 26 heavy (non-hydrogen) atoms. The van der Waals surface area contributed by atoms with Gasteiger partial charge in [0.1, 0.15) is 4.90 Å². The van der Waals surface area contributed by atoms with Gasteiger partial charge in [0, 0.05) is 24.5 Å². The van der Waals surface area contributed by atoms with Gasteiger partial charge in [0.05, 0.1) is 17.9 Å². The molecule has 0 radical (unpaired) electrons. The first-order valence-corrected chi connectivity index (χ1v) is 9.92. The van der Waals surface area contributed by atoms with Gasteiger partial charge >= 0.3 is 0 Å². The first kappa shape index (κ1) is 19.9. The van der Waals surface area contributed by atoms with E-state index in [1.807, 2.05) is 12.1 Å². The van der Waals surface area contributed by atoms with Gasteiger partial charge in [-0.3, -0.25) is 9.89 Å². The van der Waals surface area contributed by atoms with Crippen LogP contribution in [0, 0.1) is 13.8 Å². The van der Waals surface area contributed by atoms with Crippen molar-refractivity contribution in [3.63, 3.8) is 0 Å². The molecule has 0 bridgehead atoms. The highest BCUT2D eigenvalue weighted by molar-refractivity contribution is 7.89. The van der Waals surface area contributed by atoms with E-state index >= 15 is 0 Å². The van der Waals surface area contributed by atoms with Gasteiger partial charge in [-0.05, 0) is 52.0 Å². The highest BCUT2D eigenvalue weighted by Crippen LogP contribution is 2.18. The predicted molar refractivity (Wildman–Crippen MR) is 102 cm³/mol. The van der Waals surface area contributed by atoms with Crippen molar-refractivity contribution in [2.24, 2.45) is 0 Å². The highest BCUT2D eigenvalue weighted by Gasteiger charge is 2.22. The van der Waals surface area contributed by atoms with Crippen molar-refractivity contribution in [1.82, 2.24) is 14.9 Å². The maximum atomic E-state index is 12.3. The third-order valence-electron chi connectivity index (χ3n) is 4.03. The van der Waals surface area contributed by atoms with E-state index in [0.29, 0.717) is 17.1 Å². The number of aromatic nitrogens is 2. The number of aryl methyl sites for hydroxylation is 2. The summed E-state index contributed by atoms with van der Waals surface area (Å²) in [6.45, 7) is 8.81. The van der Waals surface area contributed by atoms with Crippen LogP contribution in [0.2, 0.25) is 0 Å². The Hall–Kier alpha value is -2.39. The summed E-state index contributed by atoms with van der Waals surface area (Å²) in [5.74, 6) is -0.442. The second kappa shape index (κ2) is 8.33. The van der Waals surface area contributed by atoms with Crippen LogP contribution in [0.3, 0.4) is 0 Å². The molecule has 0 spiro atoms. The Morgan fingerprint density at radius 1 is 1.15 bits per heavy atom. The van der Waals surface area contributed by atoms with E-state index < -0.39 is 15.9 Å². The molecule has 1 aromatic carbocycles. The number of carbonyl (C=O) groups is 1. The van der Waals surface area contributed by atoms with Crippen LogP contribution in [0.1, 0.15) is 25.2 Å². The Balaban J connectivity index is 1.97. The number of H-pyrrole nitrogens is 1. The molecule has 1 aromatic heterocycles. The molecular weight excluding hydrogens is 354 g/mol. The fraction of sp³-hybridized carbons (Fsp3) is 0.412. The second-order valence-electron chi connectivity index (χ2n) is 5.86. The van der Waals surface area contributed by atoms with Crippen LogP contribution in [0.25, 0.3) is 0 Å². The smallest absolute Gasteiger partial charge is 0.244 e. The monoisotopic (exact) mass is 379 g/mol. The number of carbonyl (C=O) groups excluding carboxylic acids is 1. The Morgan fingerprint density at radius 3 is 2.27 bits per heavy atom. The lowest BCUT2D eigenvalue weighted by Crippen LogP contribution is -2.33. The number of nitrogens with zero attached hydrogens (tertiary/aromatic N) is 2. The van der Waals surface area contributed by atoms with Gasteiger partial charge in [0.25, 0.3) is 0 Å². The maximum absolute atomic E-state index is 12.3. The van der Waals surface area contributed by atoms with Gasteiger partial charge < -0.3 is 10.2 Å². The summed E-state index contributed by atoms with van der Waals surface area (Å²) in [5.41, 5.74) is 2.48. The summed E-state index contributed by atoms with van der Waals surface area (Å²) in [4.78, 5) is 14.3. The molecule has 3 N–H and O–H groups in total. The Labute approximate surface area is 154 Å². The van der Waals surface area contributed by atoms with Crippen LogP contribution in [0.4, 0.5) is 11.4 Å². The summed E-state index contributed by atoms with van der Waals surface area (Å²) >= 11 is 0. The fourth-order valence-corrected chi connectivity index (χ4v) is 4.07. The zero-order chi connectivity index (χ0) is 19.3. The number of anilines is 2. The van der Waals surface area contributed by atoms with E-state index in [9.17, 15) is 13.2 Å². The molecule has 1 amide bonds. The van der Waals surface area contributed by atoms with Crippen LogP contribution < -0.4 is 14.9 Å². The van der Waals surface area contributed by atoms with Gasteiger partial charge in [-0.15, -0.1) is 0 Å². The normalized spacial score (nSPS) is 11.4. The van der Waals surface area contributed by atoms with E-state index in [-0.39, 0.29) is 11.4 Å². The minimum atomic E-state index is -3.80. The van der Waals surface area contributed by atoms with E-state index in [4.69, 9.17) is 0 Å². The van der Waals surface area contributed by atoms with E-state index in [2.05, 4.69) is 39.0 Å². The first-order valence-electron chi connectivity index (χ1n) is 8.44. The molecule has 0 aliphatic rings. The predicted octanol–water partition coefficient (Wildman–Crippen LogP) is 1.79. The molecule has 0 aliphatic heterocycles. The van der Waals surface area contributed by atoms with Crippen LogP contribution in [-0.4, -0.2) is 44.2 Å². The minimum Gasteiger partial charge on any atom is -0.372 e. The third-order valence-corrected chi connectivity index (χ3v) is 5.70. The molecule has 2 aromatic rings. The van der Waals surface area contributed by atoms with E-state index in [1.54, 1.807) is 26.0 Å². The lowest BCUT2D eigenvalue weighted by Gasteiger charge is -2.21. The summed E-state index contributed by atoms with van der Waals surface area (Å²) in [6, 6.07) is 7.44. The van der Waals surface area contributed by atoms with Gasteiger partial charge in [-0.2, -0.15) is 5.10 Å². The summed E-state index contributed by atoms with van der Waals surface area (Å²) in [7, 11) is -3.80. The average molecular weight is 379 g/mol. The van der Waals surface area contributed by atoms with Crippen molar-refractivity contribution >= 4 is 27.3 Å². The van der Waals surface area contributed by atoms with Crippen LogP contribution >= 0.6 is 0 Å². The lowest BCUT2D eigenvalue weighted by molar-refractivity contribution is -0.115. The minimum absolute atomic E-state index is 0.0777. The molecule has 2 rings (SSSR count). The SMILES string of the molecule is CCN(CC)c1ccc(NC(=O)CNS(=O)(=O)c2c(C)n[nH]c2C)cc1. The number of rotatable bonds is 8. The molecular formula is C17H25N5O3S. The van der Waals surface area contributed by atoms with Crippen molar-refractivity contribution < 1.29 is 13.2 Å². The number of aromatic amines is 1. The Kier molecular flexibility index (Phi) is 6.38. The first-order chi connectivity index (χ1) is 12.3. The van der Waals surface area contributed by atoms with Gasteiger partial charge in [-0.1, -0.05) is 0 Å². The molecule has 142 valence electrons. The standard InChI is InChI=1S/C17H25N5O3S/c1-5-22(6-2)15-9-7-14(8-10-15)19-16(23)11-18-26(24,25)17-12(3)20-21-13(17)4/h7-10,18H,5-6,11H2,1-4H3,(H,19,23)(H,20,21). The number of hydrogen-bond donors (Lipinski definition) is 3. The molecule has 0 atom stereocenters. The van der Waals surface area contributed by atoms with Crippen molar-refractivity contribution in [1.29, 1.82) is 0 Å². The number of hydrogen-bond acceptors (Lipinski definition) is 5. The highest BCUT2D eigenvalue weighted by atomic mass is 32.2. The van der Waals surface area contributed by atoms with E-state index in [1.165, 1.54) is 0 Å². The molecule has 0 unspecified atom stereocenters. The van der Waals surface area contributed by atoms with Gasteiger partial charge in [0.15, 0.2) is 0 Å². The molecule has 0 saturated heterocycles. The van der Waals surface area contributed by atoms with Crippen molar-refractivity contribution in [2.45, 2.75) is 32.6 Å². The van der Waals surface area contributed by atoms with Gasteiger partial charge in [0.2, 0.25) is 15.9 Å². The van der Waals surface area contributed by atoms with Crippen LogP contribution in [0.15, 0.2) is 29.2 Å². The lowest BCUT2D eigenvalue weighted by atomic mass is 10.2. The number of nitrogens with one attached hydrogen (secondary N) is 3. The zero-order valence-corrected chi connectivity index (χ0v) is 16.3. The number of benzene rings is 1. The van der Waals surface area contributed by atoms with Crippen LogP contribution in [0.5, 0.6) is 0 Å². The van der Waals surface area contributed by atoms with Crippen molar-refractivity contribution in [3.8, 4) is 0 Å². The Morgan fingerprint density at radius 2 is 1.77 bits per heavy atom. The second-order valence-corrected chi connectivity index (χ2v) is 7.56.